The molecule has 2 amide bonds. The Kier molecular flexibility index (Phi) is 7.82. The number of hydrogen-bond donors (Lipinski definition) is 1. The highest BCUT2D eigenvalue weighted by atomic mass is 32.2. The van der Waals surface area contributed by atoms with Crippen LogP contribution < -0.4 is 19.7 Å². The van der Waals surface area contributed by atoms with Crippen LogP contribution in [0, 0.1) is 5.82 Å². The Morgan fingerprint density at radius 3 is 2.64 bits per heavy atom. The average Bonchev–Trinajstić information content (AvgIpc) is 3.16. The van der Waals surface area contributed by atoms with Gasteiger partial charge in [-0.15, -0.1) is 0 Å². The van der Waals surface area contributed by atoms with Gasteiger partial charge in [-0.2, -0.15) is 0 Å². The number of anilines is 2. The van der Waals surface area contributed by atoms with E-state index >= 15 is 0 Å². The number of hydrogen-bond acceptors (Lipinski definition) is 6. The van der Waals surface area contributed by atoms with Gasteiger partial charge in [0, 0.05) is 16.8 Å². The zero-order chi connectivity index (χ0) is 25.7. The molecule has 0 saturated carbocycles. The summed E-state index contributed by atoms with van der Waals surface area (Å²) in [5, 5.41) is 2.71. The van der Waals surface area contributed by atoms with Crippen molar-refractivity contribution in [2.75, 3.05) is 23.9 Å². The van der Waals surface area contributed by atoms with Crippen molar-refractivity contribution >= 4 is 57.6 Å². The van der Waals surface area contributed by atoms with Crippen molar-refractivity contribution in [2.45, 2.75) is 0 Å². The molecular formula is C27H21FN2O4S2. The summed E-state index contributed by atoms with van der Waals surface area (Å²) < 4.78 is 24.6. The fourth-order valence-corrected chi connectivity index (χ4v) is 4.75. The molecule has 1 saturated heterocycles. The Morgan fingerprint density at radius 1 is 1.17 bits per heavy atom. The van der Waals surface area contributed by atoms with Gasteiger partial charge in [0.2, 0.25) is 0 Å². The van der Waals surface area contributed by atoms with Crippen molar-refractivity contribution in [3.8, 4) is 11.5 Å². The highest BCUT2D eigenvalue weighted by Gasteiger charge is 2.34. The van der Waals surface area contributed by atoms with Crippen LogP contribution in [0.25, 0.3) is 6.08 Å². The van der Waals surface area contributed by atoms with E-state index < -0.39 is 11.7 Å². The van der Waals surface area contributed by atoms with Crippen molar-refractivity contribution in [3.05, 3.63) is 101 Å². The van der Waals surface area contributed by atoms with E-state index in [0.29, 0.717) is 43.2 Å². The summed E-state index contributed by atoms with van der Waals surface area (Å²) in [6.07, 6.45) is 3.32. The van der Waals surface area contributed by atoms with E-state index in [2.05, 4.69) is 11.9 Å². The van der Waals surface area contributed by atoms with Gasteiger partial charge < -0.3 is 14.8 Å². The maximum Gasteiger partial charge on any atom is 0.270 e. The largest absolute Gasteiger partial charge is 0.493 e. The molecule has 4 rings (SSSR count). The second-order valence-electron chi connectivity index (χ2n) is 7.51. The average molecular weight is 521 g/mol. The van der Waals surface area contributed by atoms with Crippen LogP contribution in [0.4, 0.5) is 15.8 Å². The van der Waals surface area contributed by atoms with E-state index in [-0.39, 0.29) is 12.5 Å². The molecule has 9 heteroatoms. The number of para-hydroxylation sites is 1. The van der Waals surface area contributed by atoms with Crippen LogP contribution in [0.2, 0.25) is 0 Å². The molecule has 0 radical (unpaired) electrons. The van der Waals surface area contributed by atoms with Crippen molar-refractivity contribution in [3.63, 3.8) is 0 Å². The first-order valence-electron chi connectivity index (χ1n) is 10.8. The van der Waals surface area contributed by atoms with Crippen molar-refractivity contribution in [1.29, 1.82) is 0 Å². The summed E-state index contributed by atoms with van der Waals surface area (Å²) >= 11 is 6.64. The summed E-state index contributed by atoms with van der Waals surface area (Å²) in [5.41, 5.74) is 1.89. The zero-order valence-electron chi connectivity index (χ0n) is 19.2. The Bertz CT molecular complexity index is 1370. The molecule has 1 N–H and O–H groups in total. The number of carbonyl (C=O) groups is 2. The maximum atomic E-state index is 13.3. The van der Waals surface area contributed by atoms with Crippen molar-refractivity contribution < 1.29 is 23.5 Å². The van der Waals surface area contributed by atoms with Gasteiger partial charge in [-0.3, -0.25) is 14.5 Å². The monoisotopic (exact) mass is 520 g/mol. The van der Waals surface area contributed by atoms with E-state index in [9.17, 15) is 14.0 Å². The predicted octanol–water partition coefficient (Wildman–Crippen LogP) is 6.06. The minimum absolute atomic E-state index is 0.273. The second kappa shape index (κ2) is 11.2. The first-order valence-corrected chi connectivity index (χ1v) is 12.0. The Labute approximate surface area is 217 Å². The molecule has 0 spiro atoms. The van der Waals surface area contributed by atoms with Gasteiger partial charge in [-0.05, 0) is 54.6 Å². The highest BCUT2D eigenvalue weighted by Crippen LogP contribution is 2.39. The van der Waals surface area contributed by atoms with Gasteiger partial charge in [0.15, 0.2) is 15.8 Å². The van der Waals surface area contributed by atoms with E-state index in [1.54, 1.807) is 55.7 Å². The van der Waals surface area contributed by atoms with E-state index in [0.717, 1.165) is 11.8 Å². The molecule has 0 aliphatic carbocycles. The Hall–Kier alpha value is -3.95. The topological polar surface area (TPSA) is 67.9 Å². The van der Waals surface area contributed by atoms with Crippen LogP contribution in [0.3, 0.4) is 0 Å². The standard InChI is InChI=1S/C27H21FN2O4S2/c1-3-14-34-24-17(6-5-9-22(24)33-2)16-23-26(32)30(27(35)36-23)21-8-4-7-18(15-21)25(31)29-20-12-10-19(28)11-13-20/h3-13,15-16H,1,14H2,2H3,(H,29,31)/b23-16+. The minimum Gasteiger partial charge on any atom is -0.493 e. The van der Waals surface area contributed by atoms with E-state index in [4.69, 9.17) is 21.7 Å². The summed E-state index contributed by atoms with van der Waals surface area (Å²) in [6, 6.07) is 17.4. The number of methoxy groups -OCH3 is 1. The molecule has 0 unspecified atom stereocenters. The summed E-state index contributed by atoms with van der Waals surface area (Å²) in [6.45, 7) is 3.94. The molecule has 3 aromatic carbocycles. The molecule has 3 aromatic rings. The van der Waals surface area contributed by atoms with E-state index in [1.807, 2.05) is 6.07 Å². The lowest BCUT2D eigenvalue weighted by Gasteiger charge is -2.16. The van der Waals surface area contributed by atoms with Crippen LogP contribution >= 0.6 is 24.0 Å². The number of nitrogens with one attached hydrogen (secondary N) is 1. The van der Waals surface area contributed by atoms with E-state index in [1.165, 1.54) is 29.2 Å². The van der Waals surface area contributed by atoms with Gasteiger partial charge in [0.1, 0.15) is 12.4 Å². The number of benzene rings is 3. The number of ether oxygens (including phenoxy) is 2. The molecule has 182 valence electrons. The zero-order valence-corrected chi connectivity index (χ0v) is 20.8. The number of halogens is 1. The number of rotatable bonds is 8. The van der Waals surface area contributed by atoms with Crippen LogP contribution in [0.5, 0.6) is 11.5 Å². The Balaban J connectivity index is 1.59. The quantitative estimate of drug-likeness (QED) is 0.221. The van der Waals surface area contributed by atoms with Crippen LogP contribution in [0.1, 0.15) is 15.9 Å². The number of nitrogens with zero attached hydrogens (tertiary/aromatic N) is 1. The lowest BCUT2D eigenvalue weighted by atomic mass is 10.1. The molecule has 0 aromatic heterocycles. The molecular weight excluding hydrogens is 499 g/mol. The second-order valence-corrected chi connectivity index (χ2v) is 9.18. The third kappa shape index (κ3) is 5.48. The van der Waals surface area contributed by atoms with Gasteiger partial charge in [0.25, 0.3) is 11.8 Å². The van der Waals surface area contributed by atoms with Crippen molar-refractivity contribution in [1.82, 2.24) is 0 Å². The number of carbonyl (C=O) groups excluding carboxylic acids is 2. The highest BCUT2D eigenvalue weighted by molar-refractivity contribution is 8.27. The normalized spacial score (nSPS) is 14.2. The first kappa shape index (κ1) is 25.2. The van der Waals surface area contributed by atoms with Crippen LogP contribution in [0.15, 0.2) is 84.3 Å². The molecule has 1 heterocycles. The summed E-state index contributed by atoms with van der Waals surface area (Å²) in [5.74, 6) is -0.0975. The predicted molar refractivity (Wildman–Crippen MR) is 145 cm³/mol. The smallest absolute Gasteiger partial charge is 0.270 e. The summed E-state index contributed by atoms with van der Waals surface area (Å²) in [7, 11) is 1.54. The molecule has 1 aliphatic rings. The first-order chi connectivity index (χ1) is 17.4. The van der Waals surface area contributed by atoms with Crippen LogP contribution in [-0.2, 0) is 4.79 Å². The number of thioether (sulfide) groups is 1. The van der Waals surface area contributed by atoms with Crippen molar-refractivity contribution in [2.24, 2.45) is 0 Å². The molecule has 6 nitrogen and oxygen atoms in total. The third-order valence-corrected chi connectivity index (χ3v) is 6.43. The van der Waals surface area contributed by atoms with Gasteiger partial charge >= 0.3 is 0 Å². The fraction of sp³-hybridized carbons (Fsp3) is 0.0741. The molecule has 0 bridgehead atoms. The molecule has 1 fully saturated rings. The molecule has 1 aliphatic heterocycles. The SMILES string of the molecule is C=CCOc1c(/C=C2/SC(=S)N(c3cccc(C(=O)Nc4ccc(F)cc4)c3)C2=O)cccc1OC. The van der Waals surface area contributed by atoms with Gasteiger partial charge in [0.05, 0.1) is 17.7 Å². The lowest BCUT2D eigenvalue weighted by Crippen LogP contribution is -2.27. The van der Waals surface area contributed by atoms with Gasteiger partial charge in [-0.1, -0.05) is 54.8 Å². The summed E-state index contributed by atoms with van der Waals surface area (Å²) in [4.78, 5) is 27.8. The lowest BCUT2D eigenvalue weighted by molar-refractivity contribution is -0.113. The van der Waals surface area contributed by atoms with Gasteiger partial charge in [-0.25, -0.2) is 4.39 Å². The molecule has 36 heavy (non-hydrogen) atoms. The molecule has 0 atom stereocenters. The Morgan fingerprint density at radius 2 is 1.92 bits per heavy atom. The minimum atomic E-state index is -0.398. The third-order valence-electron chi connectivity index (χ3n) is 5.12. The maximum absolute atomic E-state index is 13.3. The van der Waals surface area contributed by atoms with Crippen LogP contribution in [-0.4, -0.2) is 29.9 Å². The number of thiocarbonyl (C=S) groups is 1. The number of amides is 2. The fourth-order valence-electron chi connectivity index (χ4n) is 3.46.